The molecule has 0 spiro atoms. The number of nitrogens with one attached hydrogen (secondary N) is 1. The first-order valence-electron chi connectivity index (χ1n) is 6.79. The Kier molecular flexibility index (Phi) is 3.23. The molecule has 1 saturated carbocycles. The number of carboxylic acid groups (broad SMARTS) is 1. The van der Waals surface area contributed by atoms with Crippen LogP contribution in [0.2, 0.25) is 0 Å². The van der Waals surface area contributed by atoms with Crippen molar-refractivity contribution in [2.75, 3.05) is 23.3 Å². The van der Waals surface area contributed by atoms with Crippen molar-refractivity contribution in [1.82, 2.24) is 9.97 Å². The van der Waals surface area contributed by atoms with E-state index in [-0.39, 0.29) is 5.92 Å². The van der Waals surface area contributed by atoms with Crippen LogP contribution < -0.4 is 10.2 Å². The topological polar surface area (TPSA) is 78.4 Å². The molecule has 0 radical (unpaired) electrons. The molecule has 1 atom stereocenters. The van der Waals surface area contributed by atoms with Gasteiger partial charge in [-0.2, -0.15) is 0 Å². The van der Waals surface area contributed by atoms with Crippen LogP contribution in [0.4, 0.5) is 11.6 Å². The lowest BCUT2D eigenvalue weighted by molar-refractivity contribution is -0.141. The first-order chi connectivity index (χ1) is 9.22. The maximum Gasteiger partial charge on any atom is 0.308 e. The van der Waals surface area contributed by atoms with E-state index in [1.165, 1.54) is 12.8 Å². The highest BCUT2D eigenvalue weighted by Crippen LogP contribution is 2.26. The third kappa shape index (κ3) is 2.94. The fourth-order valence-corrected chi connectivity index (χ4v) is 2.42. The summed E-state index contributed by atoms with van der Waals surface area (Å²) in [6.07, 6.45) is 5.59. The maximum atomic E-state index is 11.1. The number of carboxylic acids is 1. The lowest BCUT2D eigenvalue weighted by Gasteiger charge is -2.31. The largest absolute Gasteiger partial charge is 0.481 e. The average molecular weight is 262 g/mol. The number of anilines is 2. The number of nitrogens with zero attached hydrogens (tertiary/aromatic N) is 3. The van der Waals surface area contributed by atoms with Crippen molar-refractivity contribution in [3.8, 4) is 0 Å². The summed E-state index contributed by atoms with van der Waals surface area (Å²) in [5.74, 6) is 0.660. The van der Waals surface area contributed by atoms with Gasteiger partial charge in [-0.15, -0.1) is 0 Å². The van der Waals surface area contributed by atoms with E-state index in [0.29, 0.717) is 12.6 Å². The van der Waals surface area contributed by atoms with E-state index in [4.69, 9.17) is 5.11 Å². The number of hydrogen-bond donors (Lipinski definition) is 2. The Bertz CT molecular complexity index is 475. The molecule has 0 amide bonds. The average Bonchev–Trinajstić information content (AvgIpc) is 3.23. The highest BCUT2D eigenvalue weighted by atomic mass is 16.4. The molecule has 1 aliphatic heterocycles. The Hall–Kier alpha value is -1.85. The number of carbonyl (C=O) groups is 1. The molecule has 1 saturated heterocycles. The number of aliphatic carboxylic acids is 1. The normalized spacial score (nSPS) is 23.2. The highest BCUT2D eigenvalue weighted by Gasteiger charge is 2.26. The van der Waals surface area contributed by atoms with Crippen LogP contribution in [0.3, 0.4) is 0 Å². The fourth-order valence-electron chi connectivity index (χ4n) is 2.42. The molecule has 19 heavy (non-hydrogen) atoms. The molecule has 3 rings (SSSR count). The molecular formula is C13H18N4O2. The zero-order chi connectivity index (χ0) is 13.2. The predicted octanol–water partition coefficient (Wildman–Crippen LogP) is 1.35. The van der Waals surface area contributed by atoms with Gasteiger partial charge in [0.25, 0.3) is 0 Å². The van der Waals surface area contributed by atoms with Crippen LogP contribution in [-0.4, -0.2) is 40.2 Å². The molecule has 2 heterocycles. The lowest BCUT2D eigenvalue weighted by Crippen LogP contribution is -2.39. The second-order valence-electron chi connectivity index (χ2n) is 5.30. The fraction of sp³-hybridized carbons (Fsp3) is 0.615. The van der Waals surface area contributed by atoms with E-state index in [0.717, 1.165) is 31.0 Å². The zero-order valence-electron chi connectivity index (χ0n) is 10.7. The summed E-state index contributed by atoms with van der Waals surface area (Å²) in [5, 5.41) is 12.4. The van der Waals surface area contributed by atoms with Crippen molar-refractivity contribution in [3.05, 3.63) is 12.4 Å². The van der Waals surface area contributed by atoms with Gasteiger partial charge in [0.1, 0.15) is 18.0 Å². The lowest BCUT2D eigenvalue weighted by atomic mass is 9.98. The van der Waals surface area contributed by atoms with Gasteiger partial charge in [0.05, 0.1) is 5.92 Å². The third-order valence-corrected chi connectivity index (χ3v) is 3.68. The van der Waals surface area contributed by atoms with Gasteiger partial charge in [0, 0.05) is 25.2 Å². The first kappa shape index (κ1) is 12.2. The molecule has 0 bridgehead atoms. The Balaban J connectivity index is 1.71. The van der Waals surface area contributed by atoms with E-state index in [2.05, 4.69) is 15.3 Å². The Morgan fingerprint density at radius 3 is 2.95 bits per heavy atom. The maximum absolute atomic E-state index is 11.1. The minimum atomic E-state index is -0.713. The molecule has 6 heteroatoms. The molecule has 1 aromatic rings. The molecule has 2 N–H and O–H groups in total. The molecule has 1 aliphatic carbocycles. The van der Waals surface area contributed by atoms with Crippen LogP contribution >= 0.6 is 0 Å². The quantitative estimate of drug-likeness (QED) is 0.853. The third-order valence-electron chi connectivity index (χ3n) is 3.68. The SMILES string of the molecule is O=C(O)C1CCCN(c2cc(NC3CC3)ncn2)C1. The van der Waals surface area contributed by atoms with E-state index in [9.17, 15) is 4.79 Å². The van der Waals surface area contributed by atoms with Gasteiger partial charge in [-0.3, -0.25) is 4.79 Å². The van der Waals surface area contributed by atoms with Crippen LogP contribution in [0, 0.1) is 5.92 Å². The van der Waals surface area contributed by atoms with Crippen molar-refractivity contribution < 1.29 is 9.90 Å². The molecule has 6 nitrogen and oxygen atoms in total. The summed E-state index contributed by atoms with van der Waals surface area (Å²) in [5.41, 5.74) is 0. The molecule has 1 aromatic heterocycles. The van der Waals surface area contributed by atoms with Crippen LogP contribution in [0.15, 0.2) is 12.4 Å². The monoisotopic (exact) mass is 262 g/mol. The van der Waals surface area contributed by atoms with Gasteiger partial charge in [-0.25, -0.2) is 9.97 Å². The van der Waals surface area contributed by atoms with Gasteiger partial charge >= 0.3 is 5.97 Å². The summed E-state index contributed by atoms with van der Waals surface area (Å²) in [6.45, 7) is 1.40. The first-order valence-corrected chi connectivity index (χ1v) is 6.79. The number of rotatable bonds is 4. The molecule has 102 valence electrons. The second kappa shape index (κ2) is 5.03. The van der Waals surface area contributed by atoms with E-state index >= 15 is 0 Å². The van der Waals surface area contributed by atoms with Crippen molar-refractivity contribution in [2.24, 2.45) is 5.92 Å². The number of hydrogen-bond acceptors (Lipinski definition) is 5. The van der Waals surface area contributed by atoms with Crippen LogP contribution in [0.25, 0.3) is 0 Å². The van der Waals surface area contributed by atoms with Crippen LogP contribution in [0.5, 0.6) is 0 Å². The Labute approximate surface area is 111 Å². The van der Waals surface area contributed by atoms with Crippen LogP contribution in [0.1, 0.15) is 25.7 Å². The van der Waals surface area contributed by atoms with E-state index < -0.39 is 5.97 Å². The van der Waals surface area contributed by atoms with Gasteiger partial charge in [-0.05, 0) is 25.7 Å². The van der Waals surface area contributed by atoms with Crippen molar-refractivity contribution in [1.29, 1.82) is 0 Å². The zero-order valence-corrected chi connectivity index (χ0v) is 10.7. The summed E-state index contributed by atoms with van der Waals surface area (Å²) in [6, 6.07) is 2.47. The molecule has 1 unspecified atom stereocenters. The van der Waals surface area contributed by atoms with Gasteiger partial charge in [-0.1, -0.05) is 0 Å². The summed E-state index contributed by atoms with van der Waals surface area (Å²) >= 11 is 0. The van der Waals surface area contributed by atoms with Crippen molar-refractivity contribution in [3.63, 3.8) is 0 Å². The molecule has 0 aromatic carbocycles. The van der Waals surface area contributed by atoms with Gasteiger partial charge in [0.2, 0.25) is 0 Å². The standard InChI is InChI=1S/C13H18N4O2/c18-13(19)9-2-1-5-17(7-9)12-6-11(14-8-15-12)16-10-3-4-10/h6,8-10H,1-5,7H2,(H,18,19)(H,14,15,16). The van der Waals surface area contributed by atoms with E-state index in [1.807, 2.05) is 11.0 Å². The summed E-state index contributed by atoms with van der Waals surface area (Å²) < 4.78 is 0. The summed E-state index contributed by atoms with van der Waals surface area (Å²) in [4.78, 5) is 21.6. The Morgan fingerprint density at radius 1 is 1.37 bits per heavy atom. The molecule has 2 fully saturated rings. The Morgan fingerprint density at radius 2 is 2.21 bits per heavy atom. The summed E-state index contributed by atoms with van der Waals surface area (Å²) in [7, 11) is 0. The minimum absolute atomic E-state index is 0.288. The molecular weight excluding hydrogens is 244 g/mol. The smallest absolute Gasteiger partial charge is 0.308 e. The minimum Gasteiger partial charge on any atom is -0.481 e. The van der Waals surface area contributed by atoms with Crippen molar-refractivity contribution >= 4 is 17.6 Å². The number of aromatic nitrogens is 2. The second-order valence-corrected chi connectivity index (χ2v) is 5.30. The van der Waals surface area contributed by atoms with E-state index in [1.54, 1.807) is 6.33 Å². The predicted molar refractivity (Wildman–Crippen MR) is 71.2 cm³/mol. The van der Waals surface area contributed by atoms with Crippen molar-refractivity contribution in [2.45, 2.75) is 31.7 Å². The van der Waals surface area contributed by atoms with Gasteiger partial charge < -0.3 is 15.3 Å². The van der Waals surface area contributed by atoms with Crippen LogP contribution in [-0.2, 0) is 4.79 Å². The molecule has 2 aliphatic rings. The highest BCUT2D eigenvalue weighted by molar-refractivity contribution is 5.71. The van der Waals surface area contributed by atoms with Gasteiger partial charge in [0.15, 0.2) is 0 Å². The number of piperidine rings is 1.